The molecule has 0 aliphatic carbocycles. The Morgan fingerprint density at radius 3 is 2.47 bits per heavy atom. The van der Waals surface area contributed by atoms with Gasteiger partial charge in [-0.15, -0.1) is 0 Å². The lowest BCUT2D eigenvalue weighted by atomic mass is 9.91. The largest absolute Gasteiger partial charge is 0.488 e. The van der Waals surface area contributed by atoms with Crippen LogP contribution in [-0.2, 0) is 4.74 Å². The summed E-state index contributed by atoms with van der Waals surface area (Å²) in [6.07, 6.45) is 3.59. The number of aryl methyl sites for hydroxylation is 1. The highest BCUT2D eigenvalue weighted by atomic mass is 35.5. The SMILES string of the molecule is Cc1cc(-c2cc(Cl)c(OC[C@](C)(CC(C)C)NC(=O)OC(C)(C)C)cn2)ccn1. The predicted octanol–water partition coefficient (Wildman–Crippen LogP) is 5.81. The Kier molecular flexibility index (Phi) is 7.70. The zero-order chi connectivity index (χ0) is 22.5. The Labute approximate surface area is 184 Å². The number of carbonyl (C=O) groups is 1. The lowest BCUT2D eigenvalue weighted by Crippen LogP contribution is -2.52. The number of nitrogens with zero attached hydrogens (tertiary/aromatic N) is 2. The minimum Gasteiger partial charge on any atom is -0.488 e. The van der Waals surface area contributed by atoms with Gasteiger partial charge in [-0.25, -0.2) is 4.79 Å². The van der Waals surface area contributed by atoms with Crippen molar-refractivity contribution in [2.24, 2.45) is 5.92 Å². The van der Waals surface area contributed by atoms with Crippen LogP contribution in [0.1, 0.15) is 53.7 Å². The average molecular weight is 434 g/mol. The quantitative estimate of drug-likeness (QED) is 0.596. The van der Waals surface area contributed by atoms with E-state index in [9.17, 15) is 4.79 Å². The molecule has 2 aromatic heterocycles. The maximum atomic E-state index is 12.3. The number of aromatic nitrogens is 2. The van der Waals surface area contributed by atoms with Gasteiger partial charge in [0.25, 0.3) is 0 Å². The van der Waals surface area contributed by atoms with Gasteiger partial charge in [0.1, 0.15) is 12.2 Å². The van der Waals surface area contributed by atoms with Gasteiger partial charge in [-0.3, -0.25) is 9.97 Å². The van der Waals surface area contributed by atoms with Gasteiger partial charge in [-0.2, -0.15) is 0 Å². The average Bonchev–Trinajstić information content (AvgIpc) is 2.58. The summed E-state index contributed by atoms with van der Waals surface area (Å²) in [5.41, 5.74) is 1.39. The monoisotopic (exact) mass is 433 g/mol. The van der Waals surface area contributed by atoms with E-state index in [1.54, 1.807) is 18.5 Å². The number of ether oxygens (including phenoxy) is 2. The standard InChI is InChI=1S/C23H32ClN3O3/c1-15(2)12-23(7,27-21(28)30-22(4,5)6)14-29-20-13-26-19(11-18(20)24)17-8-9-25-16(3)10-17/h8-11,13,15H,12,14H2,1-7H3,(H,27,28)/t23-/m0/s1. The van der Waals surface area contributed by atoms with Crippen LogP contribution in [0.25, 0.3) is 11.3 Å². The van der Waals surface area contributed by atoms with Crippen molar-refractivity contribution in [2.45, 2.75) is 66.0 Å². The highest BCUT2D eigenvalue weighted by Crippen LogP contribution is 2.29. The van der Waals surface area contributed by atoms with Gasteiger partial charge in [0.15, 0.2) is 5.75 Å². The molecular formula is C23H32ClN3O3. The summed E-state index contributed by atoms with van der Waals surface area (Å²) in [6.45, 7) is 13.8. The van der Waals surface area contributed by atoms with Crippen LogP contribution < -0.4 is 10.1 Å². The number of nitrogens with one attached hydrogen (secondary N) is 1. The molecule has 0 bridgehead atoms. The number of amides is 1. The van der Waals surface area contributed by atoms with Crippen LogP contribution in [-0.4, -0.2) is 33.8 Å². The van der Waals surface area contributed by atoms with E-state index in [1.807, 2.05) is 46.8 Å². The van der Waals surface area contributed by atoms with Gasteiger partial charge in [-0.1, -0.05) is 25.4 Å². The van der Waals surface area contributed by atoms with Gasteiger partial charge in [-0.05, 0) is 65.2 Å². The summed E-state index contributed by atoms with van der Waals surface area (Å²) in [4.78, 5) is 21.0. The molecule has 1 atom stereocenters. The van der Waals surface area contributed by atoms with E-state index in [0.29, 0.717) is 23.1 Å². The van der Waals surface area contributed by atoms with Crippen molar-refractivity contribution in [3.05, 3.63) is 41.3 Å². The van der Waals surface area contributed by atoms with E-state index >= 15 is 0 Å². The van der Waals surface area contributed by atoms with Gasteiger partial charge in [0.05, 0.1) is 22.5 Å². The van der Waals surface area contributed by atoms with Crippen molar-refractivity contribution >= 4 is 17.7 Å². The molecule has 2 aromatic rings. The maximum Gasteiger partial charge on any atom is 0.408 e. The number of carbonyl (C=O) groups excluding carboxylic acids is 1. The van der Waals surface area contributed by atoms with E-state index in [2.05, 4.69) is 29.1 Å². The fourth-order valence-corrected chi connectivity index (χ4v) is 3.43. The second kappa shape index (κ2) is 9.65. The van der Waals surface area contributed by atoms with Gasteiger partial charge in [0.2, 0.25) is 0 Å². The lowest BCUT2D eigenvalue weighted by molar-refractivity contribution is 0.0408. The van der Waals surface area contributed by atoms with Crippen LogP contribution in [0.4, 0.5) is 4.79 Å². The molecule has 2 heterocycles. The van der Waals surface area contributed by atoms with Crippen LogP contribution in [0.15, 0.2) is 30.6 Å². The van der Waals surface area contributed by atoms with Gasteiger partial charge < -0.3 is 14.8 Å². The fourth-order valence-electron chi connectivity index (χ4n) is 3.22. The first-order chi connectivity index (χ1) is 13.9. The zero-order valence-corrected chi connectivity index (χ0v) is 19.6. The van der Waals surface area contributed by atoms with Crippen LogP contribution in [0.2, 0.25) is 5.02 Å². The van der Waals surface area contributed by atoms with Crippen LogP contribution in [0, 0.1) is 12.8 Å². The Hall–Kier alpha value is -2.34. The number of hydrogen-bond acceptors (Lipinski definition) is 5. The second-order valence-corrected chi connectivity index (χ2v) is 9.67. The van der Waals surface area contributed by atoms with Crippen LogP contribution >= 0.6 is 11.6 Å². The number of hydrogen-bond donors (Lipinski definition) is 1. The molecule has 0 unspecified atom stereocenters. The number of pyridine rings is 2. The molecule has 0 saturated carbocycles. The van der Waals surface area contributed by atoms with Crippen molar-refractivity contribution in [1.29, 1.82) is 0 Å². The molecule has 0 saturated heterocycles. The minimum atomic E-state index is -0.624. The summed E-state index contributed by atoms with van der Waals surface area (Å²) in [5.74, 6) is 0.812. The van der Waals surface area contributed by atoms with Crippen LogP contribution in [0.3, 0.4) is 0 Å². The van der Waals surface area contributed by atoms with E-state index in [1.165, 1.54) is 0 Å². The van der Waals surface area contributed by atoms with Crippen molar-refractivity contribution in [1.82, 2.24) is 15.3 Å². The first-order valence-electron chi connectivity index (χ1n) is 10.1. The van der Waals surface area contributed by atoms with Gasteiger partial charge >= 0.3 is 6.09 Å². The number of rotatable bonds is 7. The molecule has 164 valence electrons. The third kappa shape index (κ3) is 7.48. The zero-order valence-electron chi connectivity index (χ0n) is 18.9. The molecule has 0 aliphatic heterocycles. The Morgan fingerprint density at radius 1 is 1.20 bits per heavy atom. The molecular weight excluding hydrogens is 402 g/mol. The molecule has 2 rings (SSSR count). The molecule has 0 spiro atoms. The molecule has 0 aliphatic rings. The molecule has 1 N–H and O–H groups in total. The van der Waals surface area contributed by atoms with E-state index < -0.39 is 17.2 Å². The Bertz CT molecular complexity index is 880. The third-order valence-corrected chi connectivity index (χ3v) is 4.52. The Morgan fingerprint density at radius 2 is 1.90 bits per heavy atom. The first kappa shape index (κ1) is 23.9. The first-order valence-corrected chi connectivity index (χ1v) is 10.5. The Balaban J connectivity index is 2.13. The molecule has 6 nitrogen and oxygen atoms in total. The normalized spacial score (nSPS) is 13.6. The van der Waals surface area contributed by atoms with Crippen molar-refractivity contribution in [3.63, 3.8) is 0 Å². The minimum absolute atomic E-state index is 0.236. The molecule has 0 fully saturated rings. The lowest BCUT2D eigenvalue weighted by Gasteiger charge is -2.33. The third-order valence-electron chi connectivity index (χ3n) is 4.22. The van der Waals surface area contributed by atoms with E-state index in [0.717, 1.165) is 17.0 Å². The molecule has 0 radical (unpaired) electrons. The molecule has 1 amide bonds. The molecule has 7 heteroatoms. The molecule has 30 heavy (non-hydrogen) atoms. The number of halogens is 1. The smallest absolute Gasteiger partial charge is 0.408 e. The summed E-state index contributed by atoms with van der Waals surface area (Å²) < 4.78 is 11.4. The van der Waals surface area contributed by atoms with E-state index in [-0.39, 0.29) is 6.61 Å². The predicted molar refractivity (Wildman–Crippen MR) is 120 cm³/mol. The summed E-state index contributed by atoms with van der Waals surface area (Å²) in [7, 11) is 0. The summed E-state index contributed by atoms with van der Waals surface area (Å²) in [5, 5.41) is 3.41. The second-order valence-electron chi connectivity index (χ2n) is 9.26. The van der Waals surface area contributed by atoms with E-state index in [4.69, 9.17) is 21.1 Å². The van der Waals surface area contributed by atoms with Crippen LogP contribution in [0.5, 0.6) is 5.75 Å². The summed E-state index contributed by atoms with van der Waals surface area (Å²) >= 11 is 6.45. The number of alkyl carbamates (subject to hydrolysis) is 1. The van der Waals surface area contributed by atoms with Crippen molar-refractivity contribution in [2.75, 3.05) is 6.61 Å². The fraction of sp³-hybridized carbons (Fsp3) is 0.522. The van der Waals surface area contributed by atoms with Crippen molar-refractivity contribution in [3.8, 4) is 17.0 Å². The maximum absolute atomic E-state index is 12.3. The van der Waals surface area contributed by atoms with Crippen molar-refractivity contribution < 1.29 is 14.3 Å². The highest BCUT2D eigenvalue weighted by Gasteiger charge is 2.31. The summed E-state index contributed by atoms with van der Waals surface area (Å²) in [6, 6.07) is 5.60. The van der Waals surface area contributed by atoms with Gasteiger partial charge in [0, 0.05) is 17.5 Å². The topological polar surface area (TPSA) is 73.3 Å². The molecule has 0 aromatic carbocycles. The highest BCUT2D eigenvalue weighted by molar-refractivity contribution is 6.32.